The molecular weight excluding hydrogens is 302 g/mol. The number of hydrogen-bond acceptors (Lipinski definition) is 5. The second kappa shape index (κ2) is 6.61. The number of nitrogens with one attached hydrogen (secondary N) is 1. The number of carboxylic acids is 1. The topological polar surface area (TPSA) is 113 Å². The number of rotatable bonds is 4. The van der Waals surface area contributed by atoms with Crippen molar-refractivity contribution in [2.75, 3.05) is 12.4 Å². The summed E-state index contributed by atoms with van der Waals surface area (Å²) in [6, 6.07) is 9.33. The molecule has 0 aromatic heterocycles. The number of carboxylic acid groups (broad SMARTS) is 1. The Morgan fingerprint density at radius 1 is 1.00 bits per heavy atom. The molecule has 0 spiro atoms. The molecular formula is C16H13NO6. The largest absolute Gasteiger partial charge is 0.506 e. The van der Waals surface area contributed by atoms with E-state index in [1.165, 1.54) is 43.5 Å². The van der Waals surface area contributed by atoms with Gasteiger partial charge in [-0.15, -0.1) is 0 Å². The maximum atomic E-state index is 12.2. The second-order valence-corrected chi connectivity index (χ2v) is 4.56. The van der Waals surface area contributed by atoms with E-state index in [1.54, 1.807) is 0 Å². The molecule has 2 rings (SSSR count). The van der Waals surface area contributed by atoms with Crippen LogP contribution in [0.3, 0.4) is 0 Å². The standard InChI is InChI=1S/C16H13NO6/c1-23-16(22)11-4-2-3-9(7-11)14(19)17-12-8-10(15(20)21)5-6-13(12)18/h2-8,18H,1H3,(H,17,19)(H,20,21). The normalized spacial score (nSPS) is 9.96. The van der Waals surface area contributed by atoms with Crippen LogP contribution in [-0.2, 0) is 4.74 Å². The Balaban J connectivity index is 2.27. The predicted molar refractivity (Wildman–Crippen MR) is 80.8 cm³/mol. The molecule has 0 heterocycles. The quantitative estimate of drug-likeness (QED) is 0.588. The molecule has 7 nitrogen and oxygen atoms in total. The van der Waals surface area contributed by atoms with Crippen LogP contribution in [0.1, 0.15) is 31.1 Å². The fraction of sp³-hybridized carbons (Fsp3) is 0.0625. The van der Waals surface area contributed by atoms with Gasteiger partial charge in [-0.3, -0.25) is 4.79 Å². The van der Waals surface area contributed by atoms with E-state index >= 15 is 0 Å². The number of carbonyl (C=O) groups excluding carboxylic acids is 2. The molecule has 0 saturated heterocycles. The Morgan fingerprint density at radius 2 is 1.70 bits per heavy atom. The number of anilines is 1. The number of phenolic OH excluding ortho intramolecular Hbond substituents is 1. The van der Waals surface area contributed by atoms with Gasteiger partial charge in [-0.1, -0.05) is 6.07 Å². The molecule has 118 valence electrons. The van der Waals surface area contributed by atoms with Gasteiger partial charge in [-0.2, -0.15) is 0 Å². The summed E-state index contributed by atoms with van der Waals surface area (Å²) in [4.78, 5) is 34.6. The van der Waals surface area contributed by atoms with Crippen LogP contribution in [0.4, 0.5) is 5.69 Å². The number of aromatic hydroxyl groups is 1. The summed E-state index contributed by atoms with van der Waals surface area (Å²) in [5, 5.41) is 21.0. The van der Waals surface area contributed by atoms with E-state index in [0.717, 1.165) is 6.07 Å². The number of hydrogen-bond donors (Lipinski definition) is 3. The van der Waals surface area contributed by atoms with E-state index in [9.17, 15) is 19.5 Å². The number of methoxy groups -OCH3 is 1. The first kappa shape index (κ1) is 16.0. The first-order valence-corrected chi connectivity index (χ1v) is 6.48. The van der Waals surface area contributed by atoms with Crippen molar-refractivity contribution in [3.63, 3.8) is 0 Å². The van der Waals surface area contributed by atoms with Gasteiger partial charge in [0, 0.05) is 5.56 Å². The van der Waals surface area contributed by atoms with Crippen molar-refractivity contribution in [1.82, 2.24) is 0 Å². The summed E-state index contributed by atoms with van der Waals surface area (Å²) >= 11 is 0. The molecule has 0 aliphatic carbocycles. The molecule has 23 heavy (non-hydrogen) atoms. The Morgan fingerprint density at radius 3 is 2.35 bits per heavy atom. The predicted octanol–water partition coefficient (Wildman–Crippen LogP) is 2.13. The molecule has 0 atom stereocenters. The first-order valence-electron chi connectivity index (χ1n) is 6.48. The number of carbonyl (C=O) groups is 3. The number of amides is 1. The number of ether oxygens (including phenoxy) is 1. The summed E-state index contributed by atoms with van der Waals surface area (Å²) in [6.07, 6.45) is 0. The van der Waals surface area contributed by atoms with Crippen molar-refractivity contribution >= 4 is 23.5 Å². The highest BCUT2D eigenvalue weighted by Crippen LogP contribution is 2.25. The van der Waals surface area contributed by atoms with Crippen LogP contribution in [0.2, 0.25) is 0 Å². The van der Waals surface area contributed by atoms with E-state index in [4.69, 9.17) is 5.11 Å². The van der Waals surface area contributed by atoms with Crippen molar-refractivity contribution in [2.24, 2.45) is 0 Å². The zero-order chi connectivity index (χ0) is 17.0. The third-order valence-corrected chi connectivity index (χ3v) is 3.04. The van der Waals surface area contributed by atoms with Gasteiger partial charge in [0.05, 0.1) is 23.9 Å². The fourth-order valence-electron chi connectivity index (χ4n) is 1.87. The first-order chi connectivity index (χ1) is 10.9. The van der Waals surface area contributed by atoms with Crippen LogP contribution in [0, 0.1) is 0 Å². The van der Waals surface area contributed by atoms with Crippen LogP contribution in [-0.4, -0.2) is 35.2 Å². The van der Waals surface area contributed by atoms with Crippen molar-refractivity contribution in [1.29, 1.82) is 0 Å². The maximum absolute atomic E-state index is 12.2. The van der Waals surface area contributed by atoms with Crippen LogP contribution in [0.15, 0.2) is 42.5 Å². The number of esters is 1. The van der Waals surface area contributed by atoms with Gasteiger partial charge in [-0.25, -0.2) is 9.59 Å². The second-order valence-electron chi connectivity index (χ2n) is 4.56. The van der Waals surface area contributed by atoms with Crippen molar-refractivity contribution in [3.05, 3.63) is 59.2 Å². The summed E-state index contributed by atoms with van der Waals surface area (Å²) in [7, 11) is 1.23. The van der Waals surface area contributed by atoms with Crippen LogP contribution >= 0.6 is 0 Å². The molecule has 0 unspecified atom stereocenters. The molecule has 7 heteroatoms. The number of aromatic carboxylic acids is 1. The highest BCUT2D eigenvalue weighted by molar-refractivity contribution is 6.06. The SMILES string of the molecule is COC(=O)c1cccc(C(=O)Nc2cc(C(=O)O)ccc2O)c1. The van der Waals surface area contributed by atoms with E-state index in [1.807, 2.05) is 0 Å². The third kappa shape index (κ3) is 3.65. The molecule has 2 aromatic carbocycles. The zero-order valence-electron chi connectivity index (χ0n) is 12.1. The smallest absolute Gasteiger partial charge is 0.337 e. The minimum absolute atomic E-state index is 0.0432. The lowest BCUT2D eigenvalue weighted by Gasteiger charge is -2.09. The molecule has 2 aromatic rings. The number of phenols is 1. The van der Waals surface area contributed by atoms with E-state index < -0.39 is 17.8 Å². The fourth-order valence-corrected chi connectivity index (χ4v) is 1.87. The van der Waals surface area contributed by atoms with Crippen LogP contribution in [0.5, 0.6) is 5.75 Å². The Labute approximate surface area is 131 Å². The van der Waals surface area contributed by atoms with Crippen LogP contribution in [0.25, 0.3) is 0 Å². The summed E-state index contributed by atoms with van der Waals surface area (Å²) in [5.74, 6) is -2.65. The molecule has 3 N–H and O–H groups in total. The van der Waals surface area contributed by atoms with E-state index in [-0.39, 0.29) is 28.1 Å². The van der Waals surface area contributed by atoms with Gasteiger partial charge >= 0.3 is 11.9 Å². The van der Waals surface area contributed by atoms with Gasteiger partial charge in [0.1, 0.15) is 5.75 Å². The third-order valence-electron chi connectivity index (χ3n) is 3.04. The lowest BCUT2D eigenvalue weighted by Crippen LogP contribution is -2.13. The van der Waals surface area contributed by atoms with Gasteiger partial charge in [-0.05, 0) is 36.4 Å². The summed E-state index contributed by atoms with van der Waals surface area (Å²) in [5.41, 5.74) is 0.233. The highest BCUT2D eigenvalue weighted by Gasteiger charge is 2.14. The average molecular weight is 315 g/mol. The molecule has 1 amide bonds. The minimum Gasteiger partial charge on any atom is -0.506 e. The van der Waals surface area contributed by atoms with Gasteiger partial charge in [0.25, 0.3) is 5.91 Å². The lowest BCUT2D eigenvalue weighted by atomic mass is 10.1. The minimum atomic E-state index is -1.19. The molecule has 0 aliphatic heterocycles. The summed E-state index contributed by atoms with van der Waals surface area (Å²) in [6.45, 7) is 0. The van der Waals surface area contributed by atoms with Crippen LogP contribution < -0.4 is 5.32 Å². The Kier molecular flexibility index (Phi) is 4.61. The number of benzene rings is 2. The van der Waals surface area contributed by atoms with Gasteiger partial charge in [0.2, 0.25) is 0 Å². The van der Waals surface area contributed by atoms with Crippen molar-refractivity contribution in [2.45, 2.75) is 0 Å². The molecule has 0 aliphatic rings. The lowest BCUT2D eigenvalue weighted by molar-refractivity contribution is 0.0599. The Bertz CT molecular complexity index is 784. The molecule has 0 bridgehead atoms. The van der Waals surface area contributed by atoms with Crippen molar-refractivity contribution in [3.8, 4) is 5.75 Å². The highest BCUT2D eigenvalue weighted by atomic mass is 16.5. The Hall–Kier alpha value is -3.35. The molecule has 0 fully saturated rings. The monoisotopic (exact) mass is 315 g/mol. The van der Waals surface area contributed by atoms with Gasteiger partial charge in [0.15, 0.2) is 0 Å². The summed E-state index contributed by atoms with van der Waals surface area (Å²) < 4.78 is 4.57. The molecule has 0 radical (unpaired) electrons. The average Bonchev–Trinajstić information content (AvgIpc) is 2.55. The van der Waals surface area contributed by atoms with Gasteiger partial charge < -0.3 is 20.3 Å². The molecule has 0 saturated carbocycles. The van der Waals surface area contributed by atoms with Crippen molar-refractivity contribution < 1.29 is 29.3 Å². The zero-order valence-corrected chi connectivity index (χ0v) is 12.1. The van der Waals surface area contributed by atoms with E-state index in [2.05, 4.69) is 10.1 Å². The van der Waals surface area contributed by atoms with E-state index in [0.29, 0.717) is 0 Å². The maximum Gasteiger partial charge on any atom is 0.337 e.